The fourth-order valence-corrected chi connectivity index (χ4v) is 7.42. The number of allylic oxidation sites excluding steroid dienone is 4. The smallest absolute Gasteiger partial charge is 0.297 e. The molecule has 0 saturated carbocycles. The van der Waals surface area contributed by atoms with Gasteiger partial charge in [0.25, 0.3) is 15.3 Å². The van der Waals surface area contributed by atoms with E-state index in [2.05, 4.69) is 39.2 Å². The van der Waals surface area contributed by atoms with Crippen LogP contribution in [0.1, 0.15) is 26.7 Å². The molecule has 0 aromatic heterocycles. The minimum Gasteiger partial charge on any atom is -0.403 e. The summed E-state index contributed by atoms with van der Waals surface area (Å²) in [7, 11) is -4.46. The van der Waals surface area contributed by atoms with Crippen molar-refractivity contribution in [2.24, 2.45) is 0 Å². The van der Waals surface area contributed by atoms with E-state index in [1.54, 1.807) is 0 Å². The van der Waals surface area contributed by atoms with Gasteiger partial charge in [0.1, 0.15) is 0 Å². The third kappa shape index (κ3) is 10.0. The Hall–Kier alpha value is 0.154. The van der Waals surface area contributed by atoms with E-state index in [1.165, 1.54) is 0 Å². The van der Waals surface area contributed by atoms with Crippen molar-refractivity contribution in [3.63, 3.8) is 0 Å². The van der Waals surface area contributed by atoms with E-state index in [4.69, 9.17) is 31.0 Å². The van der Waals surface area contributed by atoms with Gasteiger partial charge in [-0.05, 0) is 37.0 Å². The zero-order chi connectivity index (χ0) is 16.9. The van der Waals surface area contributed by atoms with Gasteiger partial charge in [0.2, 0.25) is 0 Å². The first-order valence-corrected chi connectivity index (χ1v) is 14.6. The van der Waals surface area contributed by atoms with Crippen LogP contribution in [0.3, 0.4) is 0 Å². The zero-order valence-electron chi connectivity index (χ0n) is 14.0. The summed E-state index contributed by atoms with van der Waals surface area (Å²) in [5.41, 5.74) is 0. The fourth-order valence-electron chi connectivity index (χ4n) is 1.92. The van der Waals surface area contributed by atoms with Crippen LogP contribution in [0.5, 0.6) is 0 Å². The average molecular weight is 381 g/mol. The minimum atomic E-state index is -2.23. The molecule has 128 valence electrons. The predicted octanol–water partition coefficient (Wildman–Crippen LogP) is 6.13. The summed E-state index contributed by atoms with van der Waals surface area (Å²) >= 11 is 13.3. The molecule has 0 bridgehead atoms. The molecule has 22 heavy (non-hydrogen) atoms. The Morgan fingerprint density at radius 2 is 1.14 bits per heavy atom. The Morgan fingerprint density at radius 3 is 1.41 bits per heavy atom. The van der Waals surface area contributed by atoms with Crippen molar-refractivity contribution in [2.45, 2.75) is 50.9 Å². The third-order valence-corrected chi connectivity index (χ3v) is 10.5. The highest BCUT2D eigenvalue weighted by atomic mass is 35.6. The van der Waals surface area contributed by atoms with E-state index in [1.807, 2.05) is 12.2 Å². The van der Waals surface area contributed by atoms with Crippen LogP contribution in [0.25, 0.3) is 0 Å². The predicted molar refractivity (Wildman–Crippen MR) is 104 cm³/mol. The minimum absolute atomic E-state index is 0.710. The monoisotopic (exact) mass is 380 g/mol. The first kappa shape index (κ1) is 22.2. The highest BCUT2D eigenvalue weighted by Crippen LogP contribution is 2.26. The molecule has 0 amide bonds. The molecule has 0 aliphatic heterocycles. The Balaban J connectivity index is 4.52. The lowest BCUT2D eigenvalue weighted by molar-refractivity contribution is 0.314. The molecule has 0 heterocycles. The van der Waals surface area contributed by atoms with Crippen LogP contribution in [-0.4, -0.2) is 28.5 Å². The molecule has 2 unspecified atom stereocenters. The van der Waals surface area contributed by atoms with Crippen LogP contribution in [-0.2, 0) is 8.85 Å². The highest BCUT2D eigenvalue weighted by Gasteiger charge is 2.31. The summed E-state index contributed by atoms with van der Waals surface area (Å²) in [4.78, 5) is 0. The second-order valence-electron chi connectivity index (χ2n) is 5.33. The quantitative estimate of drug-likeness (QED) is 0.205. The molecule has 0 rings (SSSR count). The lowest BCUT2D eigenvalue weighted by Crippen LogP contribution is -2.31. The SMILES string of the molecule is C=CC[Si](Cl)(CC=CC[Si](Cl)(CC=C)OCCC)OCCC. The molecular weight excluding hydrogens is 351 g/mol. The van der Waals surface area contributed by atoms with Gasteiger partial charge in [-0.15, -0.1) is 35.3 Å². The van der Waals surface area contributed by atoms with E-state index in [-0.39, 0.29) is 0 Å². The van der Waals surface area contributed by atoms with Crippen LogP contribution in [0.4, 0.5) is 0 Å². The topological polar surface area (TPSA) is 18.5 Å². The largest absolute Gasteiger partial charge is 0.403 e. The van der Waals surface area contributed by atoms with E-state index in [9.17, 15) is 0 Å². The summed E-state index contributed by atoms with van der Waals surface area (Å²) < 4.78 is 11.8. The lowest BCUT2D eigenvalue weighted by atomic mass is 10.5. The van der Waals surface area contributed by atoms with Gasteiger partial charge in [0.05, 0.1) is 0 Å². The van der Waals surface area contributed by atoms with E-state index in [0.29, 0.717) is 13.2 Å². The zero-order valence-corrected chi connectivity index (χ0v) is 17.5. The van der Waals surface area contributed by atoms with Gasteiger partial charge in [0.15, 0.2) is 0 Å². The summed E-state index contributed by atoms with van der Waals surface area (Å²) in [6, 6.07) is 3.04. The van der Waals surface area contributed by atoms with Crippen molar-refractivity contribution in [2.75, 3.05) is 13.2 Å². The van der Waals surface area contributed by atoms with Crippen LogP contribution in [0.15, 0.2) is 37.5 Å². The van der Waals surface area contributed by atoms with Crippen molar-refractivity contribution in [3.8, 4) is 0 Å². The van der Waals surface area contributed by atoms with Gasteiger partial charge in [0, 0.05) is 13.2 Å². The van der Waals surface area contributed by atoms with Gasteiger partial charge < -0.3 is 8.85 Å². The molecule has 6 heteroatoms. The summed E-state index contributed by atoms with van der Waals surface area (Å²) in [5.74, 6) is 0. The molecule has 0 saturated heterocycles. The van der Waals surface area contributed by atoms with Crippen LogP contribution in [0, 0.1) is 0 Å². The van der Waals surface area contributed by atoms with E-state index < -0.39 is 15.3 Å². The second-order valence-corrected chi connectivity index (χ2v) is 15.2. The van der Waals surface area contributed by atoms with Crippen molar-refractivity contribution in [1.82, 2.24) is 0 Å². The molecule has 0 aromatic carbocycles. The first-order valence-electron chi connectivity index (χ1n) is 7.97. The number of rotatable bonds is 14. The van der Waals surface area contributed by atoms with Crippen molar-refractivity contribution < 1.29 is 8.85 Å². The molecular formula is C16H30Cl2O2Si2. The molecule has 0 fully saturated rings. The standard InChI is InChI=1S/C16H30Cl2O2Si2/c1-5-11-19-21(17,13-7-3)15-9-10-16-22(18,14-8-4)20-12-6-2/h7-10H,3-6,11-16H2,1-2H3. The molecule has 2 atom stereocenters. The van der Waals surface area contributed by atoms with Crippen LogP contribution < -0.4 is 0 Å². The van der Waals surface area contributed by atoms with E-state index >= 15 is 0 Å². The fraction of sp³-hybridized carbons (Fsp3) is 0.625. The molecule has 0 N–H and O–H groups in total. The van der Waals surface area contributed by atoms with Crippen LogP contribution >= 0.6 is 22.2 Å². The molecule has 0 spiro atoms. The van der Waals surface area contributed by atoms with Crippen LogP contribution in [0.2, 0.25) is 24.2 Å². The Bertz CT molecular complexity index is 321. The molecule has 2 nitrogen and oxygen atoms in total. The average Bonchev–Trinajstić information content (AvgIpc) is 2.49. The Kier molecular flexibility index (Phi) is 12.6. The van der Waals surface area contributed by atoms with E-state index in [0.717, 1.165) is 37.0 Å². The van der Waals surface area contributed by atoms with Gasteiger partial charge >= 0.3 is 0 Å². The summed E-state index contributed by atoms with van der Waals surface area (Å²) in [5, 5.41) is 0. The summed E-state index contributed by atoms with van der Waals surface area (Å²) in [6.45, 7) is 13.2. The van der Waals surface area contributed by atoms with Gasteiger partial charge in [-0.25, -0.2) is 0 Å². The maximum absolute atomic E-state index is 6.64. The van der Waals surface area contributed by atoms with Crippen molar-refractivity contribution >= 4 is 37.4 Å². The molecule has 0 aromatic rings. The van der Waals surface area contributed by atoms with Gasteiger partial charge in [-0.3, -0.25) is 0 Å². The lowest BCUT2D eigenvalue weighted by Gasteiger charge is -2.23. The Morgan fingerprint density at radius 1 is 0.773 bits per heavy atom. The Labute approximate surface area is 147 Å². The van der Waals surface area contributed by atoms with Gasteiger partial charge in [-0.1, -0.05) is 38.2 Å². The molecule has 0 aliphatic rings. The third-order valence-electron chi connectivity index (χ3n) is 3.04. The number of halogens is 2. The van der Waals surface area contributed by atoms with Crippen molar-refractivity contribution in [3.05, 3.63) is 37.5 Å². The number of hydrogen-bond acceptors (Lipinski definition) is 2. The molecule has 0 radical (unpaired) electrons. The van der Waals surface area contributed by atoms with Gasteiger partial charge in [-0.2, -0.15) is 0 Å². The maximum Gasteiger partial charge on any atom is 0.297 e. The highest BCUT2D eigenvalue weighted by molar-refractivity contribution is 7.17. The van der Waals surface area contributed by atoms with Crippen molar-refractivity contribution in [1.29, 1.82) is 0 Å². The first-order chi connectivity index (χ1) is 10.4. The normalized spacial score (nSPS) is 17.1. The number of hydrogen-bond donors (Lipinski definition) is 0. The summed E-state index contributed by atoms with van der Waals surface area (Å²) in [6.07, 6.45) is 9.85. The second kappa shape index (κ2) is 12.6. The maximum atomic E-state index is 6.64. The molecule has 0 aliphatic carbocycles.